The molecule has 1 atom stereocenters. The van der Waals surface area contributed by atoms with Crippen LogP contribution in [-0.2, 0) is 17.8 Å². The average molecular weight is 383 g/mol. The molecule has 2 aromatic rings. The molecule has 0 aliphatic carbocycles. The fourth-order valence-corrected chi connectivity index (χ4v) is 3.32. The second kappa shape index (κ2) is 8.77. The number of aromatic nitrogens is 3. The lowest BCUT2D eigenvalue weighted by atomic mass is 10.1. The zero-order valence-electron chi connectivity index (χ0n) is 16.1. The Hall–Kier alpha value is -3.03. The van der Waals surface area contributed by atoms with Gasteiger partial charge < -0.3 is 15.2 Å². The number of carbonyl (C=O) groups excluding carboxylic acids is 2. The molecule has 2 aromatic heterocycles. The molecular weight excluding hydrogens is 358 g/mol. The molecular formula is C20H25N5O3. The van der Waals surface area contributed by atoms with E-state index in [2.05, 4.69) is 20.3 Å². The Balaban J connectivity index is 1.85. The summed E-state index contributed by atoms with van der Waals surface area (Å²) in [6.45, 7) is 4.70. The number of nitrogens with one attached hydrogen (secondary N) is 2. The van der Waals surface area contributed by atoms with E-state index in [1.807, 2.05) is 32.0 Å². The average Bonchev–Trinajstić information content (AvgIpc) is 3.05. The first-order valence-corrected chi connectivity index (χ1v) is 9.49. The van der Waals surface area contributed by atoms with Crippen molar-refractivity contribution < 1.29 is 9.59 Å². The fourth-order valence-electron chi connectivity index (χ4n) is 3.32. The van der Waals surface area contributed by atoms with Crippen molar-refractivity contribution in [3.63, 3.8) is 0 Å². The summed E-state index contributed by atoms with van der Waals surface area (Å²) in [7, 11) is 0. The Kier molecular flexibility index (Phi) is 6.18. The number of H-pyrrole nitrogens is 1. The van der Waals surface area contributed by atoms with Gasteiger partial charge >= 0.3 is 5.69 Å². The van der Waals surface area contributed by atoms with Gasteiger partial charge in [-0.3, -0.25) is 14.6 Å². The summed E-state index contributed by atoms with van der Waals surface area (Å²) >= 11 is 0. The van der Waals surface area contributed by atoms with Gasteiger partial charge in [0.2, 0.25) is 5.91 Å². The normalized spacial score (nSPS) is 16.2. The highest BCUT2D eigenvalue weighted by molar-refractivity contribution is 5.92. The van der Waals surface area contributed by atoms with E-state index in [-0.39, 0.29) is 30.1 Å². The summed E-state index contributed by atoms with van der Waals surface area (Å²) in [6.07, 6.45) is 3.45. The molecule has 0 saturated carbocycles. The van der Waals surface area contributed by atoms with Crippen LogP contribution in [0.5, 0.6) is 0 Å². The molecule has 0 aromatic carbocycles. The molecule has 1 aliphatic heterocycles. The van der Waals surface area contributed by atoms with Crippen LogP contribution in [-0.4, -0.2) is 44.3 Å². The minimum absolute atomic E-state index is 0.0104. The SMILES string of the molecule is CC(C)Cc1cc(C(=O)N(Cc2ccccn2)C[C@@H]2CCC(=O)N2)nc(=O)[nH]1. The minimum Gasteiger partial charge on any atom is -0.352 e. The lowest BCUT2D eigenvalue weighted by Crippen LogP contribution is -2.42. The summed E-state index contributed by atoms with van der Waals surface area (Å²) in [4.78, 5) is 49.1. The van der Waals surface area contributed by atoms with Gasteiger partial charge in [-0.05, 0) is 37.0 Å². The van der Waals surface area contributed by atoms with Crippen molar-refractivity contribution in [3.05, 3.63) is 58.0 Å². The Morgan fingerprint density at radius 1 is 1.32 bits per heavy atom. The second-order valence-corrected chi connectivity index (χ2v) is 7.50. The Morgan fingerprint density at radius 2 is 2.14 bits per heavy atom. The van der Waals surface area contributed by atoms with E-state index in [0.717, 1.165) is 5.69 Å². The first-order valence-electron chi connectivity index (χ1n) is 9.49. The monoisotopic (exact) mass is 383 g/mol. The number of rotatable bonds is 7. The van der Waals surface area contributed by atoms with Crippen molar-refractivity contribution in [2.24, 2.45) is 5.92 Å². The van der Waals surface area contributed by atoms with Crippen molar-refractivity contribution in [2.45, 2.75) is 45.7 Å². The van der Waals surface area contributed by atoms with E-state index >= 15 is 0 Å². The summed E-state index contributed by atoms with van der Waals surface area (Å²) in [5.41, 5.74) is 0.992. The van der Waals surface area contributed by atoms with Crippen LogP contribution in [0.1, 0.15) is 48.6 Å². The molecule has 3 rings (SSSR count). The number of amides is 2. The van der Waals surface area contributed by atoms with Crippen LogP contribution in [0.15, 0.2) is 35.3 Å². The van der Waals surface area contributed by atoms with Gasteiger partial charge in [0.1, 0.15) is 5.69 Å². The van der Waals surface area contributed by atoms with Gasteiger partial charge in [0.15, 0.2) is 0 Å². The summed E-state index contributed by atoms with van der Waals surface area (Å²) < 4.78 is 0. The third-order valence-corrected chi connectivity index (χ3v) is 4.54. The predicted molar refractivity (Wildman–Crippen MR) is 104 cm³/mol. The highest BCUT2D eigenvalue weighted by atomic mass is 16.2. The van der Waals surface area contributed by atoms with Gasteiger partial charge in [0.25, 0.3) is 5.91 Å². The molecule has 1 saturated heterocycles. The maximum Gasteiger partial charge on any atom is 0.345 e. The van der Waals surface area contributed by atoms with Gasteiger partial charge in [-0.1, -0.05) is 19.9 Å². The number of hydrogen-bond donors (Lipinski definition) is 2. The van der Waals surface area contributed by atoms with Crippen molar-refractivity contribution in [1.82, 2.24) is 25.2 Å². The van der Waals surface area contributed by atoms with Crippen molar-refractivity contribution in [3.8, 4) is 0 Å². The molecule has 1 aliphatic rings. The van der Waals surface area contributed by atoms with Gasteiger partial charge in [-0.15, -0.1) is 0 Å². The molecule has 148 valence electrons. The van der Waals surface area contributed by atoms with Crippen molar-refractivity contribution in [1.29, 1.82) is 0 Å². The van der Waals surface area contributed by atoms with Crippen LogP contribution < -0.4 is 11.0 Å². The maximum atomic E-state index is 13.2. The molecule has 1 fully saturated rings. The highest BCUT2D eigenvalue weighted by Gasteiger charge is 2.27. The van der Waals surface area contributed by atoms with Gasteiger partial charge in [-0.25, -0.2) is 4.79 Å². The van der Waals surface area contributed by atoms with Crippen molar-refractivity contribution in [2.75, 3.05) is 6.54 Å². The van der Waals surface area contributed by atoms with Crippen LogP contribution in [0.25, 0.3) is 0 Å². The second-order valence-electron chi connectivity index (χ2n) is 7.50. The number of carbonyl (C=O) groups is 2. The number of aromatic amines is 1. The van der Waals surface area contributed by atoms with Gasteiger partial charge in [0, 0.05) is 30.9 Å². The van der Waals surface area contributed by atoms with E-state index in [4.69, 9.17) is 0 Å². The molecule has 3 heterocycles. The summed E-state index contributed by atoms with van der Waals surface area (Å²) in [5, 5.41) is 2.88. The summed E-state index contributed by atoms with van der Waals surface area (Å²) in [6, 6.07) is 7.03. The molecule has 8 heteroatoms. The van der Waals surface area contributed by atoms with Crippen LogP contribution in [0.3, 0.4) is 0 Å². The van der Waals surface area contributed by atoms with Crippen LogP contribution in [0, 0.1) is 5.92 Å². The third kappa shape index (κ3) is 5.25. The van der Waals surface area contributed by atoms with Crippen LogP contribution in [0.4, 0.5) is 0 Å². The third-order valence-electron chi connectivity index (χ3n) is 4.54. The first kappa shape index (κ1) is 19.7. The Labute approximate surface area is 163 Å². The number of nitrogens with zero attached hydrogens (tertiary/aromatic N) is 3. The van der Waals surface area contributed by atoms with E-state index in [9.17, 15) is 14.4 Å². The first-order chi connectivity index (χ1) is 13.4. The standard InChI is InChI=1S/C20H25N5O3/c1-13(2)9-16-10-17(24-20(28)23-16)19(27)25(11-14-5-3-4-8-21-14)12-15-6-7-18(26)22-15/h3-5,8,10,13,15H,6-7,9,11-12H2,1-2H3,(H,22,26)(H,23,24,28)/t15-/m0/s1. The molecule has 2 amide bonds. The molecule has 2 N–H and O–H groups in total. The lowest BCUT2D eigenvalue weighted by molar-refractivity contribution is -0.119. The quantitative estimate of drug-likeness (QED) is 0.749. The molecule has 0 bridgehead atoms. The molecule has 0 radical (unpaired) electrons. The predicted octanol–water partition coefficient (Wildman–Crippen LogP) is 1.28. The van der Waals surface area contributed by atoms with Gasteiger partial charge in [-0.2, -0.15) is 4.98 Å². The van der Waals surface area contributed by atoms with E-state index in [1.165, 1.54) is 0 Å². The zero-order valence-corrected chi connectivity index (χ0v) is 16.1. The minimum atomic E-state index is -0.534. The van der Waals surface area contributed by atoms with E-state index in [0.29, 0.717) is 37.4 Å². The highest BCUT2D eigenvalue weighted by Crippen LogP contribution is 2.14. The van der Waals surface area contributed by atoms with E-state index < -0.39 is 5.69 Å². The van der Waals surface area contributed by atoms with E-state index in [1.54, 1.807) is 17.2 Å². The Bertz CT molecular complexity index is 894. The fraction of sp³-hybridized carbons (Fsp3) is 0.450. The number of pyridine rings is 1. The smallest absolute Gasteiger partial charge is 0.345 e. The maximum absolute atomic E-state index is 13.2. The van der Waals surface area contributed by atoms with Crippen molar-refractivity contribution >= 4 is 11.8 Å². The zero-order chi connectivity index (χ0) is 20.1. The largest absolute Gasteiger partial charge is 0.352 e. The lowest BCUT2D eigenvalue weighted by Gasteiger charge is -2.25. The Morgan fingerprint density at radius 3 is 2.79 bits per heavy atom. The molecule has 28 heavy (non-hydrogen) atoms. The topological polar surface area (TPSA) is 108 Å². The molecule has 8 nitrogen and oxygen atoms in total. The van der Waals surface area contributed by atoms with Gasteiger partial charge in [0.05, 0.1) is 12.2 Å². The van der Waals surface area contributed by atoms with Crippen LogP contribution in [0.2, 0.25) is 0 Å². The summed E-state index contributed by atoms with van der Waals surface area (Å²) in [5.74, 6) is -0.0223. The molecule has 0 spiro atoms. The number of hydrogen-bond acceptors (Lipinski definition) is 5. The van der Waals surface area contributed by atoms with Crippen LogP contribution >= 0.6 is 0 Å². The molecule has 0 unspecified atom stereocenters.